The third kappa shape index (κ3) is 4.90. The van der Waals surface area contributed by atoms with Crippen molar-refractivity contribution >= 4 is 5.91 Å². The van der Waals surface area contributed by atoms with E-state index < -0.39 is 17.6 Å². The molecular formula is C23H30F4N2O2. The fraction of sp³-hybridized carbons (Fsp3) is 0.696. The van der Waals surface area contributed by atoms with Crippen molar-refractivity contribution in [3.63, 3.8) is 0 Å². The Morgan fingerprint density at radius 2 is 2.06 bits per heavy atom. The molecule has 1 aromatic rings. The Hall–Kier alpha value is -1.67. The molecule has 4 atom stereocenters. The molecule has 1 amide bonds. The van der Waals surface area contributed by atoms with Crippen LogP contribution in [0.25, 0.3) is 0 Å². The molecule has 0 bridgehead atoms. The molecule has 2 heterocycles. The van der Waals surface area contributed by atoms with Gasteiger partial charge in [0.1, 0.15) is 5.82 Å². The zero-order chi connectivity index (χ0) is 22.2. The summed E-state index contributed by atoms with van der Waals surface area (Å²) < 4.78 is 59.0. The molecule has 4 nitrogen and oxygen atoms in total. The van der Waals surface area contributed by atoms with Gasteiger partial charge < -0.3 is 15.0 Å². The van der Waals surface area contributed by atoms with Crippen LogP contribution in [0.1, 0.15) is 55.7 Å². The molecule has 1 aliphatic carbocycles. The average molecular weight is 442 g/mol. The van der Waals surface area contributed by atoms with Crippen LogP contribution < -0.4 is 5.32 Å². The third-order valence-corrected chi connectivity index (χ3v) is 7.15. The lowest BCUT2D eigenvalue weighted by Crippen LogP contribution is -2.46. The molecule has 4 unspecified atom stereocenters. The van der Waals surface area contributed by atoms with Gasteiger partial charge in [0.25, 0.3) is 0 Å². The molecule has 0 radical (unpaired) electrons. The van der Waals surface area contributed by atoms with Gasteiger partial charge in [0.2, 0.25) is 5.91 Å². The van der Waals surface area contributed by atoms with E-state index in [0.29, 0.717) is 30.1 Å². The Bertz CT molecular complexity index is 814. The molecule has 31 heavy (non-hydrogen) atoms. The van der Waals surface area contributed by atoms with Crippen LogP contribution >= 0.6 is 0 Å². The molecule has 172 valence electrons. The van der Waals surface area contributed by atoms with Gasteiger partial charge in [0.05, 0.1) is 12.2 Å². The molecule has 2 aliphatic heterocycles. The lowest BCUT2D eigenvalue weighted by molar-refractivity contribution is -0.137. The molecule has 1 N–H and O–H groups in total. The molecule has 4 rings (SSSR count). The third-order valence-electron chi connectivity index (χ3n) is 7.15. The van der Waals surface area contributed by atoms with Crippen molar-refractivity contribution in [2.45, 2.75) is 70.3 Å². The number of halogens is 4. The maximum Gasteiger partial charge on any atom is 0.416 e. The predicted octanol–water partition coefficient (Wildman–Crippen LogP) is 4.30. The van der Waals surface area contributed by atoms with Crippen molar-refractivity contribution in [2.24, 2.45) is 11.8 Å². The first-order chi connectivity index (χ1) is 14.8. The van der Waals surface area contributed by atoms with Crippen LogP contribution in [0.5, 0.6) is 0 Å². The van der Waals surface area contributed by atoms with Crippen LogP contribution in [0.15, 0.2) is 12.1 Å². The first-order valence-corrected chi connectivity index (χ1v) is 11.3. The zero-order valence-corrected chi connectivity index (χ0v) is 17.8. The molecule has 1 saturated carbocycles. The highest BCUT2D eigenvalue weighted by molar-refractivity contribution is 5.79. The van der Waals surface area contributed by atoms with Gasteiger partial charge in [-0.1, -0.05) is 6.92 Å². The van der Waals surface area contributed by atoms with Gasteiger partial charge in [-0.05, 0) is 67.7 Å². The first kappa shape index (κ1) is 22.5. The van der Waals surface area contributed by atoms with Gasteiger partial charge in [0, 0.05) is 37.7 Å². The van der Waals surface area contributed by atoms with E-state index in [-0.39, 0.29) is 36.4 Å². The number of fused-ring (bicyclic) bond motifs is 1. The largest absolute Gasteiger partial charge is 0.416 e. The van der Waals surface area contributed by atoms with E-state index in [1.54, 1.807) is 4.90 Å². The number of carbonyl (C=O) groups is 1. The summed E-state index contributed by atoms with van der Waals surface area (Å²) in [4.78, 5) is 14.7. The maximum atomic E-state index is 14.2. The summed E-state index contributed by atoms with van der Waals surface area (Å²) >= 11 is 0. The van der Waals surface area contributed by atoms with Gasteiger partial charge in [-0.3, -0.25) is 4.79 Å². The van der Waals surface area contributed by atoms with E-state index in [1.807, 2.05) is 0 Å². The molecule has 2 fully saturated rings. The van der Waals surface area contributed by atoms with Crippen LogP contribution in [-0.2, 0) is 28.7 Å². The number of carbonyl (C=O) groups excluding carboxylic acids is 1. The zero-order valence-electron chi connectivity index (χ0n) is 17.8. The van der Waals surface area contributed by atoms with Crippen molar-refractivity contribution in [1.82, 2.24) is 10.2 Å². The van der Waals surface area contributed by atoms with Gasteiger partial charge in [-0.2, -0.15) is 13.2 Å². The molecule has 3 aliphatic rings. The summed E-state index contributed by atoms with van der Waals surface area (Å²) in [5, 5.41) is 3.73. The second-order valence-electron chi connectivity index (χ2n) is 9.12. The molecular weight excluding hydrogens is 412 g/mol. The summed E-state index contributed by atoms with van der Waals surface area (Å²) in [6, 6.07) is 2.23. The number of amides is 1. The molecule has 1 aromatic carbocycles. The van der Waals surface area contributed by atoms with Crippen molar-refractivity contribution in [2.75, 3.05) is 19.8 Å². The number of rotatable bonds is 4. The van der Waals surface area contributed by atoms with Gasteiger partial charge in [-0.15, -0.1) is 0 Å². The lowest BCUT2D eigenvalue weighted by atomic mass is 9.92. The second kappa shape index (κ2) is 9.06. The van der Waals surface area contributed by atoms with Crippen LogP contribution in [-0.4, -0.2) is 42.6 Å². The normalized spacial score (nSPS) is 29.1. The summed E-state index contributed by atoms with van der Waals surface area (Å²) in [6.45, 7) is 4.08. The van der Waals surface area contributed by atoms with Crippen LogP contribution in [0, 0.1) is 17.7 Å². The Labute approximate surface area is 180 Å². The standard InChI is InChI=1S/C23H30F4N2O2/c1-2-14-13-31-8-6-21(14)28-18-4-3-15(10-18)22(30)29-7-5-19-16(12-29)9-17(11-20(19)24)23(25,26)27/h9,11,14-15,18,21,28H,2-8,10,12-13H2,1H3. The monoisotopic (exact) mass is 442 g/mol. The Morgan fingerprint density at radius 3 is 2.81 bits per heavy atom. The Kier molecular flexibility index (Phi) is 6.58. The number of hydrogen-bond acceptors (Lipinski definition) is 3. The number of nitrogens with one attached hydrogen (secondary N) is 1. The highest BCUT2D eigenvalue weighted by Crippen LogP contribution is 2.35. The van der Waals surface area contributed by atoms with Crippen LogP contribution in [0.4, 0.5) is 17.6 Å². The fourth-order valence-electron chi connectivity index (χ4n) is 5.33. The quantitative estimate of drug-likeness (QED) is 0.707. The fourth-order valence-corrected chi connectivity index (χ4v) is 5.33. The number of ether oxygens (including phenoxy) is 1. The smallest absolute Gasteiger partial charge is 0.381 e. The summed E-state index contributed by atoms with van der Waals surface area (Å²) in [5.41, 5.74) is -0.425. The summed E-state index contributed by atoms with van der Waals surface area (Å²) in [7, 11) is 0. The SMILES string of the molecule is CCC1COCCC1NC1CCC(C(=O)N2CCc3c(F)cc(C(F)(F)F)cc3C2)C1. The minimum atomic E-state index is -4.60. The van der Waals surface area contributed by atoms with Crippen molar-refractivity contribution in [3.05, 3.63) is 34.6 Å². The highest BCUT2D eigenvalue weighted by Gasteiger charge is 2.37. The van der Waals surface area contributed by atoms with Crippen molar-refractivity contribution in [3.8, 4) is 0 Å². The number of hydrogen-bond donors (Lipinski definition) is 1. The average Bonchev–Trinajstić information content (AvgIpc) is 3.21. The topological polar surface area (TPSA) is 41.6 Å². The van der Waals surface area contributed by atoms with E-state index in [1.165, 1.54) is 0 Å². The van der Waals surface area contributed by atoms with Crippen molar-refractivity contribution < 1.29 is 27.1 Å². The first-order valence-electron chi connectivity index (χ1n) is 11.3. The number of nitrogens with zero attached hydrogens (tertiary/aromatic N) is 1. The van der Waals surface area contributed by atoms with E-state index >= 15 is 0 Å². The lowest BCUT2D eigenvalue weighted by Gasteiger charge is -2.34. The predicted molar refractivity (Wildman–Crippen MR) is 108 cm³/mol. The van der Waals surface area contributed by atoms with E-state index in [9.17, 15) is 22.4 Å². The molecule has 0 aromatic heterocycles. The van der Waals surface area contributed by atoms with E-state index in [2.05, 4.69) is 12.2 Å². The highest BCUT2D eigenvalue weighted by atomic mass is 19.4. The van der Waals surface area contributed by atoms with Crippen LogP contribution in [0.2, 0.25) is 0 Å². The maximum absolute atomic E-state index is 14.2. The second-order valence-corrected chi connectivity index (χ2v) is 9.12. The molecule has 0 spiro atoms. The van der Waals surface area contributed by atoms with Crippen LogP contribution in [0.3, 0.4) is 0 Å². The Morgan fingerprint density at radius 1 is 1.26 bits per heavy atom. The van der Waals surface area contributed by atoms with Crippen molar-refractivity contribution in [1.29, 1.82) is 0 Å². The van der Waals surface area contributed by atoms with Gasteiger partial charge >= 0.3 is 6.18 Å². The van der Waals surface area contributed by atoms with E-state index in [0.717, 1.165) is 51.4 Å². The minimum Gasteiger partial charge on any atom is -0.381 e. The van der Waals surface area contributed by atoms with Gasteiger partial charge in [0.15, 0.2) is 0 Å². The molecule has 1 saturated heterocycles. The summed E-state index contributed by atoms with van der Waals surface area (Å²) in [6.07, 6.45) is 0.109. The molecule has 8 heteroatoms. The Balaban J connectivity index is 1.38. The number of alkyl halides is 3. The minimum absolute atomic E-state index is 0.0215. The number of benzene rings is 1. The van der Waals surface area contributed by atoms with E-state index in [4.69, 9.17) is 4.74 Å². The van der Waals surface area contributed by atoms with Gasteiger partial charge in [-0.25, -0.2) is 4.39 Å². The summed E-state index contributed by atoms with van der Waals surface area (Å²) in [5.74, 6) is -0.495.